The van der Waals surface area contributed by atoms with E-state index >= 15 is 0 Å². The van der Waals surface area contributed by atoms with Gasteiger partial charge in [-0.1, -0.05) is 64.3 Å². The van der Waals surface area contributed by atoms with E-state index in [9.17, 15) is 0 Å². The van der Waals surface area contributed by atoms with Crippen molar-refractivity contribution in [1.29, 1.82) is 0 Å². The highest BCUT2D eigenvalue weighted by Crippen LogP contribution is 2.34. The number of aromatic nitrogens is 2. The van der Waals surface area contributed by atoms with Gasteiger partial charge in [0, 0.05) is 12.5 Å². The Morgan fingerprint density at radius 3 is 2.40 bits per heavy atom. The molecule has 0 unspecified atom stereocenters. The average Bonchev–Trinajstić information content (AvgIpc) is 3.12. The number of fused-ring (bicyclic) bond motifs is 1. The molecule has 1 heterocycles. The second kappa shape index (κ2) is 9.24. The zero-order valence-electron chi connectivity index (χ0n) is 18.9. The molecular weight excluding hydrogens is 368 g/mol. The number of aryl methyl sites for hydroxylation is 1. The number of unbranched alkanes of at least 4 members (excludes halogenated alkanes) is 1. The topological polar surface area (TPSA) is 27.1 Å². The van der Waals surface area contributed by atoms with Crippen molar-refractivity contribution in [3.05, 3.63) is 59.9 Å². The molecule has 0 N–H and O–H groups in total. The van der Waals surface area contributed by atoms with E-state index in [2.05, 4.69) is 73.9 Å². The molecule has 0 saturated heterocycles. The Morgan fingerprint density at radius 2 is 1.67 bits per heavy atom. The van der Waals surface area contributed by atoms with Gasteiger partial charge in [0.05, 0.1) is 17.6 Å². The van der Waals surface area contributed by atoms with Crippen LogP contribution in [0.5, 0.6) is 5.75 Å². The van der Waals surface area contributed by atoms with Crippen LogP contribution in [0.1, 0.15) is 83.0 Å². The van der Waals surface area contributed by atoms with Gasteiger partial charge in [-0.05, 0) is 60.9 Å². The first-order valence-electron chi connectivity index (χ1n) is 11.7. The molecule has 3 aromatic rings. The van der Waals surface area contributed by atoms with E-state index in [1.165, 1.54) is 49.0 Å². The maximum Gasteiger partial charge on any atom is 0.119 e. The lowest BCUT2D eigenvalue weighted by molar-refractivity contribution is 0.302. The van der Waals surface area contributed by atoms with Gasteiger partial charge in [0.25, 0.3) is 0 Å². The number of hydrogen-bond donors (Lipinski definition) is 0. The predicted octanol–water partition coefficient (Wildman–Crippen LogP) is 7.24. The average molecular weight is 405 g/mol. The minimum Gasteiger partial charge on any atom is -0.494 e. The van der Waals surface area contributed by atoms with Crippen LogP contribution in [0.25, 0.3) is 11.0 Å². The van der Waals surface area contributed by atoms with E-state index in [0.29, 0.717) is 5.92 Å². The van der Waals surface area contributed by atoms with Gasteiger partial charge in [-0.2, -0.15) is 0 Å². The predicted molar refractivity (Wildman–Crippen MR) is 125 cm³/mol. The van der Waals surface area contributed by atoms with Crippen LogP contribution in [0, 0.1) is 0 Å². The summed E-state index contributed by atoms with van der Waals surface area (Å²) < 4.78 is 8.49. The van der Waals surface area contributed by atoms with Gasteiger partial charge in [0.2, 0.25) is 0 Å². The Bertz CT molecular complexity index is 943. The van der Waals surface area contributed by atoms with Gasteiger partial charge in [-0.15, -0.1) is 0 Å². The fourth-order valence-corrected chi connectivity index (χ4v) is 4.61. The monoisotopic (exact) mass is 404 g/mol. The van der Waals surface area contributed by atoms with E-state index in [0.717, 1.165) is 37.3 Å². The van der Waals surface area contributed by atoms with Crippen LogP contribution in [-0.4, -0.2) is 16.2 Å². The Balaban J connectivity index is 1.34. The lowest BCUT2D eigenvalue weighted by Crippen LogP contribution is -2.13. The van der Waals surface area contributed by atoms with Crippen molar-refractivity contribution >= 4 is 11.0 Å². The number of imidazole rings is 1. The summed E-state index contributed by atoms with van der Waals surface area (Å²) in [6.07, 6.45) is 8.81. The lowest BCUT2D eigenvalue weighted by atomic mass is 9.87. The molecule has 0 radical (unpaired) electrons. The molecule has 1 aromatic heterocycles. The minimum absolute atomic E-state index is 0.183. The number of para-hydroxylation sites is 2. The highest BCUT2D eigenvalue weighted by Gasteiger charge is 2.22. The molecule has 1 aliphatic rings. The summed E-state index contributed by atoms with van der Waals surface area (Å²) in [5.41, 5.74) is 3.96. The molecule has 1 saturated carbocycles. The lowest BCUT2D eigenvalue weighted by Gasteiger charge is -2.22. The first kappa shape index (κ1) is 21.0. The van der Waals surface area contributed by atoms with Gasteiger partial charge in [0.15, 0.2) is 0 Å². The minimum atomic E-state index is 0.183. The van der Waals surface area contributed by atoms with E-state index in [1.807, 2.05) is 0 Å². The van der Waals surface area contributed by atoms with Gasteiger partial charge in [0.1, 0.15) is 11.6 Å². The maximum absolute atomic E-state index is 6.00. The fourth-order valence-electron chi connectivity index (χ4n) is 4.61. The van der Waals surface area contributed by atoms with Crippen molar-refractivity contribution in [2.45, 2.75) is 83.6 Å². The van der Waals surface area contributed by atoms with Crippen LogP contribution in [0.4, 0.5) is 0 Å². The first-order chi connectivity index (χ1) is 14.5. The van der Waals surface area contributed by atoms with Crippen LogP contribution in [0.3, 0.4) is 0 Å². The van der Waals surface area contributed by atoms with E-state index < -0.39 is 0 Å². The maximum atomic E-state index is 6.00. The molecule has 3 heteroatoms. The van der Waals surface area contributed by atoms with E-state index in [1.54, 1.807) is 0 Å². The molecule has 1 fully saturated rings. The summed E-state index contributed by atoms with van der Waals surface area (Å²) in [6, 6.07) is 17.2. The van der Waals surface area contributed by atoms with Gasteiger partial charge < -0.3 is 9.30 Å². The molecule has 0 bridgehead atoms. The fraction of sp³-hybridized carbons (Fsp3) is 0.519. The molecule has 0 spiro atoms. The number of hydrogen-bond acceptors (Lipinski definition) is 2. The smallest absolute Gasteiger partial charge is 0.119 e. The SMILES string of the molecule is CC(C)(C)c1ccc(OCCCCn2c(C3CCCCC3)nc3ccccc32)cc1. The third-order valence-corrected chi connectivity index (χ3v) is 6.42. The molecule has 3 nitrogen and oxygen atoms in total. The highest BCUT2D eigenvalue weighted by atomic mass is 16.5. The van der Waals surface area contributed by atoms with Crippen LogP contribution >= 0.6 is 0 Å². The molecule has 2 aromatic carbocycles. The second-order valence-electron chi connectivity index (χ2n) is 9.78. The zero-order chi connectivity index (χ0) is 21.0. The first-order valence-corrected chi connectivity index (χ1v) is 11.7. The summed E-state index contributed by atoms with van der Waals surface area (Å²) in [5, 5.41) is 0. The molecule has 0 atom stereocenters. The number of rotatable bonds is 7. The Hall–Kier alpha value is -2.29. The summed E-state index contributed by atoms with van der Waals surface area (Å²) >= 11 is 0. The van der Waals surface area contributed by atoms with Crippen LogP contribution in [0.15, 0.2) is 48.5 Å². The van der Waals surface area contributed by atoms with Gasteiger partial charge >= 0.3 is 0 Å². The molecule has 4 rings (SSSR count). The van der Waals surface area contributed by atoms with Crippen LogP contribution in [0.2, 0.25) is 0 Å². The molecule has 30 heavy (non-hydrogen) atoms. The molecular formula is C27H36N2O. The number of benzene rings is 2. The van der Waals surface area contributed by atoms with E-state index in [-0.39, 0.29) is 5.41 Å². The summed E-state index contributed by atoms with van der Waals surface area (Å²) in [4.78, 5) is 5.04. The Labute approximate surface area is 181 Å². The summed E-state index contributed by atoms with van der Waals surface area (Å²) in [6.45, 7) is 8.51. The number of nitrogens with zero attached hydrogens (tertiary/aromatic N) is 2. The Kier molecular flexibility index (Phi) is 6.46. The summed E-state index contributed by atoms with van der Waals surface area (Å²) in [5.74, 6) is 2.91. The number of ether oxygens (including phenoxy) is 1. The third-order valence-electron chi connectivity index (χ3n) is 6.42. The van der Waals surface area contributed by atoms with E-state index in [4.69, 9.17) is 9.72 Å². The largest absolute Gasteiger partial charge is 0.494 e. The second-order valence-corrected chi connectivity index (χ2v) is 9.78. The zero-order valence-corrected chi connectivity index (χ0v) is 18.9. The molecule has 0 amide bonds. The van der Waals surface area contributed by atoms with Gasteiger partial charge in [-0.25, -0.2) is 4.98 Å². The third kappa shape index (κ3) is 4.88. The molecule has 160 valence electrons. The van der Waals surface area contributed by atoms with Crippen LogP contribution < -0.4 is 4.74 Å². The van der Waals surface area contributed by atoms with Crippen molar-refractivity contribution in [1.82, 2.24) is 9.55 Å². The normalized spacial score (nSPS) is 15.6. The van der Waals surface area contributed by atoms with Crippen molar-refractivity contribution in [3.63, 3.8) is 0 Å². The molecule has 0 aliphatic heterocycles. The van der Waals surface area contributed by atoms with Crippen LogP contribution in [-0.2, 0) is 12.0 Å². The highest BCUT2D eigenvalue weighted by molar-refractivity contribution is 5.76. The molecule has 1 aliphatic carbocycles. The summed E-state index contributed by atoms with van der Waals surface area (Å²) in [7, 11) is 0. The Morgan fingerprint density at radius 1 is 0.933 bits per heavy atom. The van der Waals surface area contributed by atoms with Crippen molar-refractivity contribution in [2.24, 2.45) is 0 Å². The van der Waals surface area contributed by atoms with Gasteiger partial charge in [-0.3, -0.25) is 0 Å². The van der Waals surface area contributed by atoms with Crippen molar-refractivity contribution in [2.75, 3.05) is 6.61 Å². The van der Waals surface area contributed by atoms with Crippen molar-refractivity contribution < 1.29 is 4.74 Å². The quantitative estimate of drug-likeness (QED) is 0.388. The standard InChI is InChI=1S/C27H36N2O/c1-27(2,3)22-15-17-23(18-16-22)30-20-10-9-19-29-25-14-8-7-13-24(25)28-26(29)21-11-5-4-6-12-21/h7-8,13-18,21H,4-6,9-12,19-20H2,1-3H3. The van der Waals surface area contributed by atoms with Crippen molar-refractivity contribution in [3.8, 4) is 5.75 Å².